The second-order valence-corrected chi connectivity index (χ2v) is 13.6. The van der Waals surface area contributed by atoms with Gasteiger partial charge in [0.2, 0.25) is 5.89 Å². The summed E-state index contributed by atoms with van der Waals surface area (Å²) in [6.07, 6.45) is 0. The molecule has 0 unspecified atom stereocenters. The highest BCUT2D eigenvalue weighted by molar-refractivity contribution is 6.30. The van der Waals surface area contributed by atoms with Gasteiger partial charge in [0.25, 0.3) is 0 Å². The van der Waals surface area contributed by atoms with E-state index in [9.17, 15) is 4.39 Å². The summed E-state index contributed by atoms with van der Waals surface area (Å²) in [5, 5.41) is 12.0. The Morgan fingerprint density at radius 3 is 1.71 bits per heavy atom. The molecule has 11 rings (SSSR count). The number of oxazole rings is 1. The third-order valence-electron chi connectivity index (χ3n) is 10.7. The molecular formula is C49H28FNO. The first-order chi connectivity index (χ1) is 25.7. The van der Waals surface area contributed by atoms with Gasteiger partial charge in [0, 0.05) is 5.56 Å². The largest absolute Gasteiger partial charge is 0.436 e. The second kappa shape index (κ2) is 11.1. The highest BCUT2D eigenvalue weighted by atomic mass is 19.1. The van der Waals surface area contributed by atoms with E-state index in [1.54, 1.807) is 12.1 Å². The van der Waals surface area contributed by atoms with Crippen molar-refractivity contribution in [3.8, 4) is 44.8 Å². The van der Waals surface area contributed by atoms with Gasteiger partial charge in [-0.15, -0.1) is 0 Å². The van der Waals surface area contributed by atoms with Gasteiger partial charge in [0.1, 0.15) is 11.3 Å². The summed E-state index contributed by atoms with van der Waals surface area (Å²) >= 11 is 0. The first-order valence-electron chi connectivity index (χ1n) is 17.6. The summed E-state index contributed by atoms with van der Waals surface area (Å²) in [5.41, 5.74) is 9.03. The molecule has 0 aliphatic heterocycles. The van der Waals surface area contributed by atoms with Crippen molar-refractivity contribution < 1.29 is 8.81 Å². The maximum atomic E-state index is 13.7. The van der Waals surface area contributed by atoms with E-state index in [-0.39, 0.29) is 5.82 Å². The van der Waals surface area contributed by atoms with E-state index >= 15 is 0 Å². The van der Waals surface area contributed by atoms with Crippen molar-refractivity contribution in [2.45, 2.75) is 0 Å². The summed E-state index contributed by atoms with van der Waals surface area (Å²) in [6, 6.07) is 58.7. The Morgan fingerprint density at radius 1 is 0.385 bits per heavy atom. The molecule has 0 aliphatic rings. The molecule has 0 saturated heterocycles. The summed E-state index contributed by atoms with van der Waals surface area (Å²) in [6.45, 7) is 0. The average Bonchev–Trinajstić information content (AvgIpc) is 3.63. The highest BCUT2D eigenvalue weighted by Crippen LogP contribution is 2.47. The van der Waals surface area contributed by atoms with Gasteiger partial charge in [-0.3, -0.25) is 0 Å². The molecule has 0 spiro atoms. The monoisotopic (exact) mass is 665 g/mol. The van der Waals surface area contributed by atoms with Crippen molar-refractivity contribution in [2.24, 2.45) is 0 Å². The molecule has 0 bridgehead atoms. The molecule has 0 saturated carbocycles. The highest BCUT2D eigenvalue weighted by Gasteiger charge is 2.22. The summed E-state index contributed by atoms with van der Waals surface area (Å²) in [7, 11) is 0. The van der Waals surface area contributed by atoms with Crippen molar-refractivity contribution in [3.63, 3.8) is 0 Å². The predicted molar refractivity (Wildman–Crippen MR) is 214 cm³/mol. The number of rotatable bonds is 4. The molecule has 242 valence electrons. The van der Waals surface area contributed by atoms with Crippen molar-refractivity contribution in [1.82, 2.24) is 4.98 Å². The van der Waals surface area contributed by atoms with E-state index in [2.05, 4.69) is 127 Å². The SMILES string of the molecule is Fc1ccc(-c2ccc3oc(-c4cc(-c5cccc6ccccc56)c5ccc6ccc(-c7cccc8ccccc78)c7ccc4c5c67)nc3c2)cc1. The number of hydrogen-bond acceptors (Lipinski definition) is 2. The number of nitrogens with zero attached hydrogens (tertiary/aromatic N) is 1. The van der Waals surface area contributed by atoms with E-state index in [1.165, 1.54) is 77.3 Å². The van der Waals surface area contributed by atoms with Crippen LogP contribution in [0.4, 0.5) is 4.39 Å². The fourth-order valence-corrected chi connectivity index (χ4v) is 8.32. The number of benzene rings is 10. The quantitative estimate of drug-likeness (QED) is 0.175. The zero-order chi connectivity index (χ0) is 34.3. The molecule has 10 aromatic carbocycles. The van der Waals surface area contributed by atoms with Crippen molar-refractivity contribution in [1.29, 1.82) is 0 Å². The van der Waals surface area contributed by atoms with Gasteiger partial charge < -0.3 is 4.42 Å². The molecule has 2 nitrogen and oxygen atoms in total. The molecule has 0 aliphatic carbocycles. The van der Waals surface area contributed by atoms with Crippen LogP contribution in [-0.4, -0.2) is 4.98 Å². The minimum absolute atomic E-state index is 0.256. The van der Waals surface area contributed by atoms with Gasteiger partial charge >= 0.3 is 0 Å². The Morgan fingerprint density at radius 2 is 0.962 bits per heavy atom. The Balaban J connectivity index is 1.22. The Kier molecular flexibility index (Phi) is 6.17. The number of aromatic nitrogens is 1. The van der Waals surface area contributed by atoms with Crippen LogP contribution in [0.25, 0.3) is 110 Å². The molecule has 1 aromatic heterocycles. The Bertz CT molecular complexity index is 3180. The second-order valence-electron chi connectivity index (χ2n) is 13.6. The molecule has 11 aromatic rings. The summed E-state index contributed by atoms with van der Waals surface area (Å²) < 4.78 is 20.3. The van der Waals surface area contributed by atoms with Gasteiger partial charge in [-0.25, -0.2) is 9.37 Å². The Hall–Kier alpha value is -6.84. The molecule has 0 fully saturated rings. The van der Waals surface area contributed by atoms with Gasteiger partial charge in [-0.1, -0.05) is 140 Å². The zero-order valence-electron chi connectivity index (χ0n) is 27.9. The minimum Gasteiger partial charge on any atom is -0.436 e. The van der Waals surface area contributed by atoms with Crippen LogP contribution < -0.4 is 0 Å². The molecular weight excluding hydrogens is 638 g/mol. The Labute approximate surface area is 298 Å². The van der Waals surface area contributed by atoms with Gasteiger partial charge in [0.05, 0.1) is 0 Å². The lowest BCUT2D eigenvalue weighted by Crippen LogP contribution is -1.93. The number of hydrogen-bond donors (Lipinski definition) is 0. The lowest BCUT2D eigenvalue weighted by Gasteiger charge is -2.19. The maximum absolute atomic E-state index is 13.7. The molecule has 0 radical (unpaired) electrons. The van der Waals surface area contributed by atoms with E-state index in [0.717, 1.165) is 33.2 Å². The van der Waals surface area contributed by atoms with Gasteiger partial charge in [-0.05, 0) is 118 Å². The first kappa shape index (κ1) is 28.9. The minimum atomic E-state index is -0.256. The van der Waals surface area contributed by atoms with Crippen LogP contribution in [-0.2, 0) is 0 Å². The van der Waals surface area contributed by atoms with Crippen LogP contribution in [0.15, 0.2) is 174 Å². The molecule has 3 heteroatoms. The maximum Gasteiger partial charge on any atom is 0.227 e. The van der Waals surface area contributed by atoms with E-state index in [1.807, 2.05) is 18.2 Å². The van der Waals surface area contributed by atoms with Gasteiger partial charge in [-0.2, -0.15) is 0 Å². The van der Waals surface area contributed by atoms with E-state index in [4.69, 9.17) is 9.40 Å². The lowest BCUT2D eigenvalue weighted by atomic mass is 9.84. The zero-order valence-corrected chi connectivity index (χ0v) is 27.9. The molecule has 0 N–H and O–H groups in total. The fourth-order valence-electron chi connectivity index (χ4n) is 8.32. The molecule has 52 heavy (non-hydrogen) atoms. The first-order valence-corrected chi connectivity index (χ1v) is 17.6. The molecule has 0 amide bonds. The summed E-state index contributed by atoms with van der Waals surface area (Å²) in [4.78, 5) is 5.12. The normalized spacial score (nSPS) is 11.9. The van der Waals surface area contributed by atoms with Crippen LogP contribution in [0.2, 0.25) is 0 Å². The van der Waals surface area contributed by atoms with Crippen LogP contribution >= 0.6 is 0 Å². The third kappa shape index (κ3) is 4.33. The van der Waals surface area contributed by atoms with Crippen molar-refractivity contribution in [3.05, 3.63) is 176 Å². The predicted octanol–water partition coefficient (Wildman–Crippen LogP) is 13.8. The van der Waals surface area contributed by atoms with Crippen LogP contribution in [0.1, 0.15) is 0 Å². The average molecular weight is 666 g/mol. The fraction of sp³-hybridized carbons (Fsp3) is 0. The van der Waals surface area contributed by atoms with E-state index in [0.29, 0.717) is 11.5 Å². The topological polar surface area (TPSA) is 26.0 Å². The van der Waals surface area contributed by atoms with Gasteiger partial charge in [0.15, 0.2) is 5.58 Å². The van der Waals surface area contributed by atoms with Crippen LogP contribution in [0.3, 0.4) is 0 Å². The van der Waals surface area contributed by atoms with Crippen molar-refractivity contribution in [2.75, 3.05) is 0 Å². The lowest BCUT2D eigenvalue weighted by molar-refractivity contribution is 0.620. The molecule has 1 heterocycles. The molecule has 0 atom stereocenters. The standard InChI is InChI=1S/C49H28FNO/c50-34-20-15-29(16-21-34)33-19-26-46-45(27-33)51-49(52-46)44-28-43(38-14-6-10-31-8-2-4-12-36(31)38)41-23-18-32-17-22-39(40-24-25-42(44)48(41)47(32)40)37-13-5-9-30-7-1-3-11-35(30)37/h1-28H. The van der Waals surface area contributed by atoms with Crippen LogP contribution in [0, 0.1) is 5.82 Å². The number of fused-ring (bicyclic) bond motifs is 3. The van der Waals surface area contributed by atoms with Crippen molar-refractivity contribution >= 4 is 65.0 Å². The summed E-state index contributed by atoms with van der Waals surface area (Å²) in [5.74, 6) is 0.314. The number of halogens is 1. The van der Waals surface area contributed by atoms with E-state index < -0.39 is 0 Å². The third-order valence-corrected chi connectivity index (χ3v) is 10.7. The smallest absolute Gasteiger partial charge is 0.227 e. The van der Waals surface area contributed by atoms with Crippen LogP contribution in [0.5, 0.6) is 0 Å².